The molecular weight excluding hydrogens is 973 g/mol. The van der Waals surface area contributed by atoms with E-state index in [0.717, 1.165) is 11.1 Å². The molecule has 0 aliphatic rings. The molecular formula is C50H74N14O11. The van der Waals surface area contributed by atoms with Crippen molar-refractivity contribution in [3.63, 3.8) is 0 Å². The van der Waals surface area contributed by atoms with E-state index in [1.165, 1.54) is 9.36 Å². The lowest BCUT2D eigenvalue weighted by Gasteiger charge is -2.23. The van der Waals surface area contributed by atoms with Crippen molar-refractivity contribution >= 4 is 30.0 Å². The highest BCUT2D eigenvalue weighted by Gasteiger charge is 2.30. The Kier molecular flexibility index (Phi) is 27.5. The van der Waals surface area contributed by atoms with E-state index in [9.17, 15) is 24.0 Å². The molecule has 5 aromatic rings. The number of esters is 1. The molecule has 25 nitrogen and oxygen atoms in total. The summed E-state index contributed by atoms with van der Waals surface area (Å²) in [5.74, 6) is -0.469. The molecule has 5 rings (SSSR count). The zero-order valence-corrected chi connectivity index (χ0v) is 42.4. The molecule has 2 aromatic heterocycles. The average Bonchev–Trinajstić information content (AvgIpc) is 4.06. The zero-order valence-electron chi connectivity index (χ0n) is 42.4. The highest BCUT2D eigenvalue weighted by atomic mass is 16.6. The molecule has 3 aromatic carbocycles. The number of aromatic nitrogens is 8. The van der Waals surface area contributed by atoms with Crippen LogP contribution in [0.15, 0.2) is 91.0 Å². The van der Waals surface area contributed by atoms with Gasteiger partial charge in [0.05, 0.1) is 62.8 Å². The van der Waals surface area contributed by atoms with Crippen LogP contribution in [0.4, 0.5) is 9.59 Å². The van der Waals surface area contributed by atoms with Gasteiger partial charge in [-0.15, -0.1) is 10.2 Å². The highest BCUT2D eigenvalue weighted by Crippen LogP contribution is 2.15. The van der Waals surface area contributed by atoms with E-state index in [0.29, 0.717) is 69.2 Å². The number of carbonyl (C=O) groups is 5. The van der Waals surface area contributed by atoms with E-state index in [2.05, 4.69) is 52.3 Å². The minimum Gasteiger partial charge on any atom is -0.462 e. The minimum absolute atomic E-state index is 0. The lowest BCUT2D eigenvalue weighted by Crippen LogP contribution is -2.51. The fourth-order valence-corrected chi connectivity index (χ4v) is 6.25. The lowest BCUT2D eigenvalue weighted by molar-refractivity contribution is -0.127. The molecule has 0 saturated heterocycles. The van der Waals surface area contributed by atoms with Crippen molar-refractivity contribution in [2.45, 2.75) is 110 Å². The van der Waals surface area contributed by atoms with E-state index in [1.54, 1.807) is 52.0 Å². The van der Waals surface area contributed by atoms with Crippen molar-refractivity contribution < 1.29 is 52.8 Å². The van der Waals surface area contributed by atoms with Crippen LogP contribution in [-0.2, 0) is 59.6 Å². The molecule has 0 aliphatic carbocycles. The fourth-order valence-electron chi connectivity index (χ4n) is 6.25. The molecule has 0 radical (unpaired) electrons. The minimum atomic E-state index is -1.12. The van der Waals surface area contributed by atoms with Crippen molar-refractivity contribution in [3.8, 4) is 0 Å². The van der Waals surface area contributed by atoms with Gasteiger partial charge in [0.25, 0.3) is 0 Å². The summed E-state index contributed by atoms with van der Waals surface area (Å²) in [5, 5.41) is 43.1. The van der Waals surface area contributed by atoms with Gasteiger partial charge in [-0.05, 0) is 97.5 Å². The number of amides is 4. The molecule has 2 atom stereocenters. The predicted octanol–water partition coefficient (Wildman–Crippen LogP) is 3.07. The molecule has 0 spiro atoms. The number of rotatable bonds is 30. The Labute approximate surface area is 437 Å². The molecule has 4 amide bonds. The highest BCUT2D eigenvalue weighted by molar-refractivity contribution is 5.89. The number of ether oxygens (including phenoxy) is 5. The molecule has 25 heteroatoms. The van der Waals surface area contributed by atoms with Gasteiger partial charge in [-0.1, -0.05) is 86.3 Å². The Balaban J connectivity index is 0.000000399. The van der Waals surface area contributed by atoms with Crippen LogP contribution in [0.3, 0.4) is 0 Å². The van der Waals surface area contributed by atoms with Gasteiger partial charge in [0.15, 0.2) is 11.6 Å². The van der Waals surface area contributed by atoms with Crippen LogP contribution in [-0.4, -0.2) is 139 Å². The summed E-state index contributed by atoms with van der Waals surface area (Å²) < 4.78 is 30.1. The number of alkyl carbamates (subject to hydrolysis) is 2. The summed E-state index contributed by atoms with van der Waals surface area (Å²) in [6, 6.07) is 26.6. The van der Waals surface area contributed by atoms with Crippen molar-refractivity contribution in [1.29, 1.82) is 0 Å². The predicted molar refractivity (Wildman–Crippen MR) is 274 cm³/mol. The van der Waals surface area contributed by atoms with Crippen LogP contribution in [0.2, 0.25) is 0 Å². The van der Waals surface area contributed by atoms with E-state index in [4.69, 9.17) is 40.3 Å². The van der Waals surface area contributed by atoms with Crippen molar-refractivity contribution in [2.75, 3.05) is 52.7 Å². The first kappa shape index (κ1) is 61.8. The van der Waals surface area contributed by atoms with Crippen LogP contribution in [0.5, 0.6) is 0 Å². The number of tetrazole rings is 2. The van der Waals surface area contributed by atoms with Crippen LogP contribution in [0.1, 0.15) is 106 Å². The smallest absolute Gasteiger partial charge is 0.407 e. The maximum absolute atomic E-state index is 12.6. The van der Waals surface area contributed by atoms with Crippen LogP contribution in [0, 0.1) is 0 Å². The quantitative estimate of drug-likeness (QED) is 0.0197. The number of hydrogen-bond donors (Lipinski definition) is 7. The van der Waals surface area contributed by atoms with Crippen LogP contribution < -0.4 is 32.7 Å². The van der Waals surface area contributed by atoms with Gasteiger partial charge in [0.2, 0.25) is 11.8 Å². The monoisotopic (exact) mass is 1050 g/mol. The Bertz CT molecular complexity index is 2420. The number of nitrogens with two attached hydrogens (primary N) is 2. The Morgan fingerprint density at radius 3 is 1.41 bits per heavy atom. The summed E-state index contributed by atoms with van der Waals surface area (Å²) in [6.45, 7) is 8.73. The number of unbranched alkanes of at least 4 members (excludes halogenated alkanes) is 2. The second-order valence-corrected chi connectivity index (χ2v) is 17.8. The number of aliphatic hydroxyl groups excluding tert-OH is 1. The second-order valence-electron chi connectivity index (χ2n) is 17.8. The SMILES string of the molecule is C.CC(C)(N)C(=O)N[C@H](COCc1ccccc1)c1nnnn1CCOC(=O)NCCCCO.CC(C)(N)C(=O)N[C@H](COCc1ccccc1)c1nnnn1CCOC(=O)NCCCCOC(=O)c1ccccc1. The molecule has 0 unspecified atom stereocenters. The van der Waals surface area contributed by atoms with Crippen molar-refractivity contribution in [3.05, 3.63) is 119 Å². The number of nitrogens with zero attached hydrogens (tertiary/aromatic N) is 8. The maximum Gasteiger partial charge on any atom is 0.407 e. The second kappa shape index (κ2) is 33.4. The van der Waals surface area contributed by atoms with Crippen LogP contribution in [0.25, 0.3) is 0 Å². The molecule has 410 valence electrons. The third kappa shape index (κ3) is 24.0. The summed E-state index contributed by atoms with van der Waals surface area (Å²) in [7, 11) is 0. The summed E-state index contributed by atoms with van der Waals surface area (Å²) in [6.07, 6.45) is 1.30. The van der Waals surface area contributed by atoms with Gasteiger partial charge in [-0.2, -0.15) is 0 Å². The van der Waals surface area contributed by atoms with Crippen molar-refractivity contribution in [2.24, 2.45) is 11.5 Å². The Morgan fingerprint density at radius 1 is 0.587 bits per heavy atom. The fraction of sp³-hybridized carbons (Fsp3) is 0.500. The summed E-state index contributed by atoms with van der Waals surface area (Å²) in [4.78, 5) is 60.8. The molecule has 0 fully saturated rings. The Morgan fingerprint density at radius 2 is 1.00 bits per heavy atom. The standard InChI is InChI=1S/C28H37N7O6.C21H33N7O5.CH4/c1-28(2,29)26(37)31-23(20-39-19-21-11-5-3-6-12-21)24-32-33-34-35(24)16-18-41-27(38)30-15-9-10-17-40-25(36)22-13-7-4-8-14-22;1-21(2,22)19(30)24-17(15-32-14-16-8-4-3-5-9-16)18-25-26-27-28(18)11-13-33-20(31)23-10-6-7-12-29;/h3-8,11-14,23H,9-10,15-20,29H2,1-2H3,(H,30,38)(H,31,37);3-5,8-9,17,29H,6-7,10-15,22H2,1-2H3,(H,23,31)(H,24,30);1H4/t23-;17-;/m11./s1. The van der Waals surface area contributed by atoms with Gasteiger partial charge in [-0.3, -0.25) is 9.59 Å². The first-order valence-corrected chi connectivity index (χ1v) is 24.1. The average molecular weight is 1050 g/mol. The van der Waals surface area contributed by atoms with E-state index in [1.807, 2.05) is 66.7 Å². The van der Waals surface area contributed by atoms with Gasteiger partial charge in [0, 0.05) is 19.7 Å². The van der Waals surface area contributed by atoms with E-state index in [-0.39, 0.29) is 72.0 Å². The first-order valence-electron chi connectivity index (χ1n) is 24.1. The third-order valence-electron chi connectivity index (χ3n) is 10.3. The number of nitrogens with one attached hydrogen (secondary N) is 4. The zero-order chi connectivity index (χ0) is 53.6. The lowest BCUT2D eigenvalue weighted by atomic mass is 10.1. The maximum atomic E-state index is 12.6. The van der Waals surface area contributed by atoms with E-state index < -0.39 is 41.3 Å². The van der Waals surface area contributed by atoms with Gasteiger partial charge in [-0.25, -0.2) is 23.7 Å². The first-order chi connectivity index (χ1) is 35.5. The Hall–Kier alpha value is -7.45. The largest absolute Gasteiger partial charge is 0.462 e. The summed E-state index contributed by atoms with van der Waals surface area (Å²) in [5.41, 5.74) is 12.1. The van der Waals surface area contributed by atoms with Gasteiger partial charge in [0.1, 0.15) is 25.3 Å². The molecule has 0 saturated carbocycles. The van der Waals surface area contributed by atoms with Crippen molar-refractivity contribution in [1.82, 2.24) is 61.7 Å². The number of hydrogen-bond acceptors (Lipinski definition) is 19. The molecule has 0 bridgehead atoms. The number of carbonyl (C=O) groups excluding carboxylic acids is 5. The topological polar surface area (TPSA) is 339 Å². The molecule has 0 aliphatic heterocycles. The normalized spacial score (nSPS) is 11.9. The van der Waals surface area contributed by atoms with Gasteiger partial charge < -0.3 is 61.5 Å². The van der Waals surface area contributed by atoms with Gasteiger partial charge >= 0.3 is 18.2 Å². The summed E-state index contributed by atoms with van der Waals surface area (Å²) >= 11 is 0. The molecule has 2 heterocycles. The molecule has 75 heavy (non-hydrogen) atoms. The number of benzene rings is 3. The van der Waals surface area contributed by atoms with Crippen LogP contribution >= 0.6 is 0 Å². The molecule has 9 N–H and O–H groups in total. The van der Waals surface area contributed by atoms with E-state index >= 15 is 0 Å². The third-order valence-corrected chi connectivity index (χ3v) is 10.3. The number of aliphatic hydroxyl groups is 1.